The third-order valence-electron chi connectivity index (χ3n) is 2.75. The Bertz CT molecular complexity index is 518. The summed E-state index contributed by atoms with van der Waals surface area (Å²) < 4.78 is 0. The molecule has 0 aliphatic heterocycles. The van der Waals surface area contributed by atoms with Gasteiger partial charge in [0, 0.05) is 11.9 Å². The van der Waals surface area contributed by atoms with Crippen LogP contribution in [0.3, 0.4) is 0 Å². The van der Waals surface area contributed by atoms with Crippen LogP contribution in [0.2, 0.25) is 0 Å². The fraction of sp³-hybridized carbons (Fsp3) is 0.333. The Labute approximate surface area is 99.8 Å². The van der Waals surface area contributed by atoms with Gasteiger partial charge in [0.1, 0.15) is 0 Å². The number of aromatic amines is 1. The molecule has 1 amide bonds. The maximum absolute atomic E-state index is 10.5. The Kier molecular flexibility index (Phi) is 3.39. The monoisotopic (exact) mass is 232 g/mol. The number of rotatable bonds is 5. The molecule has 5 heteroatoms. The molecule has 0 bridgehead atoms. The quantitative estimate of drug-likeness (QED) is 0.762. The highest BCUT2D eigenvalue weighted by Crippen LogP contribution is 2.24. The molecule has 0 saturated heterocycles. The summed E-state index contributed by atoms with van der Waals surface area (Å²) in [7, 11) is 4.10. The van der Waals surface area contributed by atoms with Crippen molar-refractivity contribution in [2.24, 2.45) is 0 Å². The molecule has 0 radical (unpaired) electrons. The Morgan fingerprint density at radius 3 is 3.00 bits per heavy atom. The number of likely N-dealkylation sites (N-methyl/N-ethyl adjacent to an activating group) is 1. The summed E-state index contributed by atoms with van der Waals surface area (Å²) in [6.07, 6.45) is 3.44. The van der Waals surface area contributed by atoms with Crippen LogP contribution in [0.1, 0.15) is 5.56 Å². The van der Waals surface area contributed by atoms with Gasteiger partial charge < -0.3 is 10.2 Å². The van der Waals surface area contributed by atoms with Crippen LogP contribution in [0, 0.1) is 0 Å². The first-order chi connectivity index (χ1) is 8.22. The lowest BCUT2D eigenvalue weighted by Crippen LogP contribution is -2.15. The van der Waals surface area contributed by atoms with Gasteiger partial charge in [-0.2, -0.15) is 5.10 Å². The van der Waals surface area contributed by atoms with Gasteiger partial charge in [0.05, 0.1) is 17.4 Å². The number of hydrogen-bond acceptors (Lipinski definition) is 3. The number of nitrogens with zero attached hydrogens (tertiary/aromatic N) is 2. The molecule has 5 nitrogen and oxygen atoms in total. The first-order valence-corrected chi connectivity index (χ1v) is 5.52. The minimum atomic E-state index is 0.676. The Hall–Kier alpha value is -1.88. The Balaban J connectivity index is 2.35. The van der Waals surface area contributed by atoms with Crippen LogP contribution in [0.5, 0.6) is 0 Å². The third kappa shape index (κ3) is 2.45. The number of nitrogens with one attached hydrogen (secondary N) is 2. The van der Waals surface area contributed by atoms with Gasteiger partial charge in [0.25, 0.3) is 0 Å². The zero-order valence-electron chi connectivity index (χ0n) is 10.0. The summed E-state index contributed by atoms with van der Waals surface area (Å²) in [5.74, 6) is 0. The minimum Gasteiger partial charge on any atom is -0.327 e. The molecule has 0 atom stereocenters. The average Bonchev–Trinajstić information content (AvgIpc) is 2.77. The van der Waals surface area contributed by atoms with E-state index in [0.717, 1.165) is 29.6 Å². The van der Waals surface area contributed by atoms with Crippen LogP contribution in [0.25, 0.3) is 10.9 Å². The zero-order chi connectivity index (χ0) is 12.3. The summed E-state index contributed by atoms with van der Waals surface area (Å²) in [4.78, 5) is 12.6. The van der Waals surface area contributed by atoms with Crippen molar-refractivity contribution >= 4 is 23.0 Å². The molecular weight excluding hydrogens is 216 g/mol. The molecular formula is C12H16N4O. The van der Waals surface area contributed by atoms with Gasteiger partial charge in [-0.05, 0) is 32.1 Å². The fourth-order valence-corrected chi connectivity index (χ4v) is 1.84. The van der Waals surface area contributed by atoms with Crippen molar-refractivity contribution in [2.45, 2.75) is 6.42 Å². The number of hydrogen-bond donors (Lipinski definition) is 2. The topological polar surface area (TPSA) is 61.0 Å². The average molecular weight is 232 g/mol. The van der Waals surface area contributed by atoms with Crippen molar-refractivity contribution in [3.05, 3.63) is 23.9 Å². The number of benzene rings is 1. The van der Waals surface area contributed by atoms with Gasteiger partial charge in [0.15, 0.2) is 0 Å². The number of carbonyl (C=O) groups is 1. The fourth-order valence-electron chi connectivity index (χ4n) is 1.84. The van der Waals surface area contributed by atoms with E-state index < -0.39 is 0 Å². The van der Waals surface area contributed by atoms with Gasteiger partial charge in [0.2, 0.25) is 6.41 Å². The second-order valence-electron chi connectivity index (χ2n) is 4.25. The highest BCUT2D eigenvalue weighted by Gasteiger charge is 2.07. The molecule has 1 heterocycles. The predicted octanol–water partition coefficient (Wildman–Crippen LogP) is 1.24. The molecule has 2 N–H and O–H groups in total. The molecule has 2 rings (SSSR count). The van der Waals surface area contributed by atoms with E-state index in [1.807, 2.05) is 12.1 Å². The SMILES string of the molecule is CN(C)CCc1ccc(NC=O)c2[nH]ncc12. The summed E-state index contributed by atoms with van der Waals surface area (Å²) in [5.41, 5.74) is 2.88. The first-order valence-electron chi connectivity index (χ1n) is 5.52. The Morgan fingerprint density at radius 1 is 1.47 bits per heavy atom. The van der Waals surface area contributed by atoms with Crippen LogP contribution in [-0.2, 0) is 11.2 Å². The molecule has 1 aromatic heterocycles. The van der Waals surface area contributed by atoms with Crippen molar-refractivity contribution in [2.75, 3.05) is 26.0 Å². The zero-order valence-corrected chi connectivity index (χ0v) is 10.0. The number of carbonyl (C=O) groups excluding carboxylic acids is 1. The van der Waals surface area contributed by atoms with E-state index in [1.165, 1.54) is 5.56 Å². The number of aromatic nitrogens is 2. The van der Waals surface area contributed by atoms with E-state index >= 15 is 0 Å². The van der Waals surface area contributed by atoms with Crippen LogP contribution < -0.4 is 5.32 Å². The molecule has 0 spiro atoms. The van der Waals surface area contributed by atoms with Crippen LogP contribution in [0.4, 0.5) is 5.69 Å². The number of amides is 1. The molecule has 1 aromatic carbocycles. The predicted molar refractivity (Wildman–Crippen MR) is 68.0 cm³/mol. The van der Waals surface area contributed by atoms with Crippen molar-refractivity contribution in [3.63, 3.8) is 0 Å². The van der Waals surface area contributed by atoms with Gasteiger partial charge in [-0.3, -0.25) is 9.89 Å². The van der Waals surface area contributed by atoms with Crippen LogP contribution in [0.15, 0.2) is 18.3 Å². The minimum absolute atomic E-state index is 0.676. The number of fused-ring (bicyclic) bond motifs is 1. The molecule has 17 heavy (non-hydrogen) atoms. The summed E-state index contributed by atoms with van der Waals surface area (Å²) >= 11 is 0. The molecule has 0 fully saturated rings. The van der Waals surface area contributed by atoms with Crippen molar-refractivity contribution < 1.29 is 4.79 Å². The number of anilines is 1. The molecule has 0 aliphatic rings. The lowest BCUT2D eigenvalue weighted by molar-refractivity contribution is -0.105. The third-order valence-corrected chi connectivity index (χ3v) is 2.75. The lowest BCUT2D eigenvalue weighted by Gasteiger charge is -2.10. The highest BCUT2D eigenvalue weighted by atomic mass is 16.1. The summed E-state index contributed by atoms with van der Waals surface area (Å²) in [6, 6.07) is 3.94. The standard InChI is InChI=1S/C12H16N4O/c1-16(2)6-5-9-3-4-11(13-8-17)12-10(9)7-14-15-12/h3-4,7-8H,5-6H2,1-2H3,(H,13,17)(H,14,15). The van der Waals surface area contributed by atoms with Crippen molar-refractivity contribution in [3.8, 4) is 0 Å². The molecule has 0 aliphatic carbocycles. The van der Waals surface area contributed by atoms with E-state index in [2.05, 4.69) is 34.5 Å². The second-order valence-corrected chi connectivity index (χ2v) is 4.25. The van der Waals surface area contributed by atoms with E-state index in [0.29, 0.717) is 6.41 Å². The highest BCUT2D eigenvalue weighted by molar-refractivity contribution is 5.96. The lowest BCUT2D eigenvalue weighted by atomic mass is 10.1. The van der Waals surface area contributed by atoms with Gasteiger partial charge in [-0.25, -0.2) is 0 Å². The van der Waals surface area contributed by atoms with E-state index in [9.17, 15) is 4.79 Å². The van der Waals surface area contributed by atoms with E-state index in [1.54, 1.807) is 6.20 Å². The van der Waals surface area contributed by atoms with Gasteiger partial charge >= 0.3 is 0 Å². The molecule has 2 aromatic rings. The molecule has 0 unspecified atom stereocenters. The smallest absolute Gasteiger partial charge is 0.211 e. The van der Waals surface area contributed by atoms with Crippen molar-refractivity contribution in [1.82, 2.24) is 15.1 Å². The normalized spacial score (nSPS) is 11.0. The van der Waals surface area contributed by atoms with E-state index in [-0.39, 0.29) is 0 Å². The molecule has 90 valence electrons. The van der Waals surface area contributed by atoms with Crippen molar-refractivity contribution in [1.29, 1.82) is 0 Å². The Morgan fingerprint density at radius 2 is 2.29 bits per heavy atom. The molecule has 0 saturated carbocycles. The largest absolute Gasteiger partial charge is 0.327 e. The van der Waals surface area contributed by atoms with Gasteiger partial charge in [-0.1, -0.05) is 6.07 Å². The van der Waals surface area contributed by atoms with Crippen LogP contribution in [-0.4, -0.2) is 42.1 Å². The second kappa shape index (κ2) is 4.97. The maximum Gasteiger partial charge on any atom is 0.211 e. The summed E-state index contributed by atoms with van der Waals surface area (Å²) in [5, 5.41) is 10.7. The summed E-state index contributed by atoms with van der Waals surface area (Å²) in [6.45, 7) is 0.987. The maximum atomic E-state index is 10.5. The van der Waals surface area contributed by atoms with Gasteiger partial charge in [-0.15, -0.1) is 0 Å². The van der Waals surface area contributed by atoms with E-state index in [4.69, 9.17) is 0 Å². The number of H-pyrrole nitrogens is 1. The van der Waals surface area contributed by atoms with Crippen LogP contribution >= 0.6 is 0 Å². The first kappa shape index (κ1) is 11.6.